The Hall–Kier alpha value is -2.70. The second-order valence-electron chi connectivity index (χ2n) is 7.36. The first kappa shape index (κ1) is 17.7. The maximum Gasteiger partial charge on any atom is 0.338 e. The Morgan fingerprint density at radius 1 is 1.26 bits per heavy atom. The number of esters is 1. The molecule has 0 bridgehead atoms. The van der Waals surface area contributed by atoms with Gasteiger partial charge in [-0.15, -0.1) is 0 Å². The number of benzene rings is 1. The molecular weight excluding hydrogens is 346 g/mol. The molecule has 142 valence electrons. The molecule has 0 spiro atoms. The van der Waals surface area contributed by atoms with Crippen molar-refractivity contribution in [1.82, 2.24) is 14.9 Å². The average molecular weight is 369 g/mol. The van der Waals surface area contributed by atoms with E-state index >= 15 is 0 Å². The molecule has 2 aromatic rings. The van der Waals surface area contributed by atoms with E-state index in [0.29, 0.717) is 23.0 Å². The van der Waals surface area contributed by atoms with Gasteiger partial charge in [0.15, 0.2) is 6.10 Å². The summed E-state index contributed by atoms with van der Waals surface area (Å²) in [6.45, 7) is 2.25. The third kappa shape index (κ3) is 3.72. The Labute approximate surface area is 156 Å². The molecule has 27 heavy (non-hydrogen) atoms. The number of ether oxygens (including phenoxy) is 1. The van der Waals surface area contributed by atoms with Crippen LogP contribution in [0.25, 0.3) is 10.9 Å². The van der Waals surface area contributed by atoms with Crippen LogP contribution in [0.1, 0.15) is 55.2 Å². The summed E-state index contributed by atoms with van der Waals surface area (Å²) in [5, 5.41) is 3.31. The molecule has 7 nitrogen and oxygen atoms in total. The van der Waals surface area contributed by atoms with Crippen molar-refractivity contribution in [3.63, 3.8) is 0 Å². The standard InChI is InChI=1S/C20H23N3O4/c1-12(18(24)21-14-7-8-14)27-20(26)13-6-9-15-16(11-13)22-17-5-3-2-4-10-23(17)19(15)25/h6,9,11-12,14H,2-5,7-8,10H2,1H3,(H,21,24)/t12-/m0/s1. The smallest absolute Gasteiger partial charge is 0.338 e. The SMILES string of the molecule is C[C@H](OC(=O)c1ccc2c(=O)n3c(nc2c1)CCCCC3)C(=O)NC1CC1. The van der Waals surface area contributed by atoms with E-state index in [1.165, 1.54) is 0 Å². The summed E-state index contributed by atoms with van der Waals surface area (Å²) in [7, 11) is 0. The van der Waals surface area contributed by atoms with Crippen molar-refractivity contribution in [3.8, 4) is 0 Å². The van der Waals surface area contributed by atoms with E-state index in [0.717, 1.165) is 44.3 Å². The van der Waals surface area contributed by atoms with Crippen molar-refractivity contribution >= 4 is 22.8 Å². The van der Waals surface area contributed by atoms with Crippen LogP contribution in [-0.2, 0) is 22.5 Å². The van der Waals surface area contributed by atoms with Crippen molar-refractivity contribution < 1.29 is 14.3 Å². The summed E-state index contributed by atoms with van der Waals surface area (Å²) in [6.07, 6.45) is 4.92. The second kappa shape index (κ2) is 7.13. The number of aromatic nitrogens is 2. The zero-order valence-corrected chi connectivity index (χ0v) is 15.4. The maximum absolute atomic E-state index is 12.7. The van der Waals surface area contributed by atoms with Gasteiger partial charge in [-0.3, -0.25) is 14.2 Å². The number of fused-ring (bicyclic) bond motifs is 2. The van der Waals surface area contributed by atoms with Crippen LogP contribution in [0.3, 0.4) is 0 Å². The van der Waals surface area contributed by atoms with E-state index in [-0.39, 0.29) is 17.5 Å². The third-order valence-corrected chi connectivity index (χ3v) is 5.13. The number of nitrogens with zero attached hydrogens (tertiary/aromatic N) is 2. The lowest BCUT2D eigenvalue weighted by Gasteiger charge is -2.14. The fourth-order valence-corrected chi connectivity index (χ4v) is 3.37. The van der Waals surface area contributed by atoms with E-state index in [1.807, 2.05) is 0 Å². The van der Waals surface area contributed by atoms with Crippen molar-refractivity contribution in [2.45, 2.75) is 64.1 Å². The highest BCUT2D eigenvalue weighted by atomic mass is 16.5. The van der Waals surface area contributed by atoms with Gasteiger partial charge in [-0.25, -0.2) is 9.78 Å². The van der Waals surface area contributed by atoms with E-state index in [1.54, 1.807) is 29.7 Å². The average Bonchev–Trinajstić information content (AvgIpc) is 3.48. The molecule has 1 saturated carbocycles. The van der Waals surface area contributed by atoms with Crippen LogP contribution >= 0.6 is 0 Å². The fraction of sp³-hybridized carbons (Fsp3) is 0.500. The van der Waals surface area contributed by atoms with Gasteiger partial charge < -0.3 is 10.1 Å². The lowest BCUT2D eigenvalue weighted by atomic mass is 10.1. The van der Waals surface area contributed by atoms with Crippen molar-refractivity contribution in [2.24, 2.45) is 0 Å². The summed E-state index contributed by atoms with van der Waals surface area (Å²) in [6, 6.07) is 4.97. The monoisotopic (exact) mass is 369 g/mol. The minimum atomic E-state index is -0.862. The molecule has 0 unspecified atom stereocenters. The molecule has 1 N–H and O–H groups in total. The summed E-state index contributed by atoms with van der Waals surface area (Å²) < 4.78 is 7.02. The van der Waals surface area contributed by atoms with Crippen molar-refractivity contribution in [3.05, 3.63) is 39.9 Å². The molecular formula is C20H23N3O4. The Morgan fingerprint density at radius 3 is 2.85 bits per heavy atom. The number of nitrogens with one attached hydrogen (secondary N) is 1. The normalized spacial score (nSPS) is 17.7. The quantitative estimate of drug-likeness (QED) is 0.832. The van der Waals surface area contributed by atoms with Gasteiger partial charge in [0.1, 0.15) is 5.82 Å². The number of rotatable bonds is 4. The minimum absolute atomic E-state index is 0.0611. The number of carbonyl (C=O) groups is 2. The maximum atomic E-state index is 12.7. The van der Waals surface area contributed by atoms with Crippen LogP contribution in [0.2, 0.25) is 0 Å². The summed E-state index contributed by atoms with van der Waals surface area (Å²) in [5.74, 6) is -0.104. The molecule has 1 amide bonds. The van der Waals surface area contributed by atoms with Gasteiger partial charge in [-0.05, 0) is 50.8 Å². The van der Waals surface area contributed by atoms with Gasteiger partial charge in [0.2, 0.25) is 0 Å². The van der Waals surface area contributed by atoms with E-state index < -0.39 is 12.1 Å². The number of carbonyl (C=O) groups excluding carboxylic acids is 2. The van der Waals surface area contributed by atoms with Crippen LogP contribution in [0.5, 0.6) is 0 Å². The third-order valence-electron chi connectivity index (χ3n) is 5.13. The van der Waals surface area contributed by atoms with Gasteiger partial charge in [-0.2, -0.15) is 0 Å². The van der Waals surface area contributed by atoms with Crippen molar-refractivity contribution in [2.75, 3.05) is 0 Å². The Bertz CT molecular complexity index is 962. The fourth-order valence-electron chi connectivity index (χ4n) is 3.37. The van der Waals surface area contributed by atoms with E-state index in [4.69, 9.17) is 4.74 Å². The van der Waals surface area contributed by atoms with Gasteiger partial charge >= 0.3 is 5.97 Å². The predicted molar refractivity (Wildman–Crippen MR) is 99.6 cm³/mol. The van der Waals surface area contributed by atoms with Crippen LogP contribution in [0, 0.1) is 0 Å². The zero-order chi connectivity index (χ0) is 19.0. The van der Waals surface area contributed by atoms with Crippen molar-refractivity contribution in [1.29, 1.82) is 0 Å². The van der Waals surface area contributed by atoms with E-state index in [2.05, 4.69) is 10.3 Å². The minimum Gasteiger partial charge on any atom is -0.449 e. The lowest BCUT2D eigenvalue weighted by molar-refractivity contribution is -0.129. The van der Waals surface area contributed by atoms with Gasteiger partial charge in [0.25, 0.3) is 11.5 Å². The molecule has 7 heteroatoms. The predicted octanol–water partition coefficient (Wildman–Crippen LogP) is 1.95. The molecule has 1 aliphatic carbocycles. The van der Waals surface area contributed by atoms with Gasteiger partial charge in [-0.1, -0.05) is 6.42 Å². The molecule has 1 aromatic heterocycles. The molecule has 0 radical (unpaired) electrons. The molecule has 0 saturated heterocycles. The van der Waals surface area contributed by atoms with E-state index in [9.17, 15) is 14.4 Å². The van der Waals surface area contributed by atoms with Gasteiger partial charge in [0.05, 0.1) is 16.5 Å². The molecule has 1 fully saturated rings. The largest absolute Gasteiger partial charge is 0.449 e. The van der Waals surface area contributed by atoms with Gasteiger partial charge in [0, 0.05) is 19.0 Å². The first-order chi connectivity index (χ1) is 13.0. The van der Waals surface area contributed by atoms with Crippen LogP contribution in [-0.4, -0.2) is 33.6 Å². The number of hydrogen-bond acceptors (Lipinski definition) is 5. The number of amides is 1. The van der Waals surface area contributed by atoms with Crippen LogP contribution in [0.4, 0.5) is 0 Å². The Balaban J connectivity index is 1.58. The Kier molecular flexibility index (Phi) is 4.68. The highest BCUT2D eigenvalue weighted by Gasteiger charge is 2.27. The summed E-state index contributed by atoms with van der Waals surface area (Å²) in [4.78, 5) is 41.7. The highest BCUT2D eigenvalue weighted by Crippen LogP contribution is 2.19. The lowest BCUT2D eigenvalue weighted by Crippen LogP contribution is -2.37. The number of hydrogen-bond donors (Lipinski definition) is 1. The highest BCUT2D eigenvalue weighted by molar-refractivity contribution is 5.95. The van der Waals surface area contributed by atoms with Crippen LogP contribution < -0.4 is 10.9 Å². The molecule has 2 aliphatic rings. The first-order valence-corrected chi connectivity index (χ1v) is 9.58. The molecule has 1 atom stereocenters. The Morgan fingerprint density at radius 2 is 2.07 bits per heavy atom. The summed E-state index contributed by atoms with van der Waals surface area (Å²) in [5.41, 5.74) is 0.728. The summed E-state index contributed by atoms with van der Waals surface area (Å²) >= 11 is 0. The zero-order valence-electron chi connectivity index (χ0n) is 15.4. The molecule has 2 heterocycles. The van der Waals surface area contributed by atoms with Crippen LogP contribution in [0.15, 0.2) is 23.0 Å². The molecule has 4 rings (SSSR count). The second-order valence-corrected chi connectivity index (χ2v) is 7.36. The first-order valence-electron chi connectivity index (χ1n) is 9.58. The topological polar surface area (TPSA) is 90.3 Å². The molecule has 1 aromatic carbocycles. The number of aryl methyl sites for hydroxylation is 1. The molecule has 1 aliphatic heterocycles.